The molecule has 166 valence electrons. The maximum Gasteiger partial charge on any atom is 0.321 e. The van der Waals surface area contributed by atoms with Gasteiger partial charge in [-0.2, -0.15) is 0 Å². The standard InChI is InChI=1S/C23H20FN7O2/c24-18-7-6-15(28-23(33)30-9-3-4-10-30)11-17(18)20-14-31-13-16(12-26-22(31)29-20)27-21(32)19-5-1-2-8-25-19/h1-2,5-8,11-14H,3-4,9-10H2,(H,27,32)(H,28,33). The number of benzene rings is 1. The van der Waals surface area contributed by atoms with E-state index in [0.29, 0.717) is 22.8 Å². The summed E-state index contributed by atoms with van der Waals surface area (Å²) in [6.07, 6.45) is 8.23. The Morgan fingerprint density at radius 2 is 1.82 bits per heavy atom. The number of halogens is 1. The van der Waals surface area contributed by atoms with Crippen LogP contribution in [0.15, 0.2) is 61.2 Å². The van der Waals surface area contributed by atoms with Crippen LogP contribution in [0.4, 0.5) is 20.6 Å². The summed E-state index contributed by atoms with van der Waals surface area (Å²) in [5.41, 5.74) is 1.79. The summed E-state index contributed by atoms with van der Waals surface area (Å²) in [5, 5.41) is 5.55. The summed E-state index contributed by atoms with van der Waals surface area (Å²) in [7, 11) is 0. The zero-order valence-corrected chi connectivity index (χ0v) is 17.5. The number of amides is 3. The maximum atomic E-state index is 14.6. The molecule has 3 amide bonds. The van der Waals surface area contributed by atoms with Crippen LogP contribution >= 0.6 is 0 Å². The number of fused-ring (bicyclic) bond motifs is 1. The molecule has 0 atom stereocenters. The molecule has 9 nitrogen and oxygen atoms in total. The minimum atomic E-state index is -0.471. The van der Waals surface area contributed by atoms with E-state index >= 15 is 0 Å². The summed E-state index contributed by atoms with van der Waals surface area (Å²) in [4.78, 5) is 39.1. The van der Waals surface area contributed by atoms with E-state index in [1.807, 2.05) is 0 Å². The summed E-state index contributed by atoms with van der Waals surface area (Å²) in [5.74, 6) is -0.502. The van der Waals surface area contributed by atoms with Gasteiger partial charge in [0.25, 0.3) is 5.91 Å². The van der Waals surface area contributed by atoms with Crippen molar-refractivity contribution in [3.05, 3.63) is 72.7 Å². The predicted octanol–water partition coefficient (Wildman–Crippen LogP) is 3.81. The predicted molar refractivity (Wildman–Crippen MR) is 120 cm³/mol. The average molecular weight is 445 g/mol. The van der Waals surface area contributed by atoms with Gasteiger partial charge in [0, 0.05) is 42.9 Å². The largest absolute Gasteiger partial charge is 0.325 e. The molecule has 4 aromatic rings. The summed E-state index contributed by atoms with van der Waals surface area (Å²) >= 11 is 0. The Bertz CT molecular complexity index is 1330. The maximum absolute atomic E-state index is 14.6. The smallest absolute Gasteiger partial charge is 0.321 e. The van der Waals surface area contributed by atoms with Crippen molar-refractivity contribution in [3.8, 4) is 11.3 Å². The third-order valence-electron chi connectivity index (χ3n) is 5.35. The van der Waals surface area contributed by atoms with Gasteiger partial charge in [-0.15, -0.1) is 0 Å². The number of carbonyl (C=O) groups excluding carboxylic acids is 2. The topological polar surface area (TPSA) is 105 Å². The van der Waals surface area contributed by atoms with Crippen LogP contribution in [0, 0.1) is 5.82 Å². The van der Waals surface area contributed by atoms with Crippen molar-refractivity contribution < 1.29 is 14.0 Å². The number of anilines is 2. The van der Waals surface area contributed by atoms with E-state index in [1.54, 1.807) is 46.0 Å². The third-order valence-corrected chi connectivity index (χ3v) is 5.35. The number of likely N-dealkylation sites (tertiary alicyclic amines) is 1. The monoisotopic (exact) mass is 445 g/mol. The Morgan fingerprint density at radius 3 is 2.61 bits per heavy atom. The molecular formula is C23H20FN7O2. The molecule has 3 aromatic heterocycles. The van der Waals surface area contributed by atoms with Gasteiger partial charge in [-0.1, -0.05) is 6.07 Å². The first-order valence-electron chi connectivity index (χ1n) is 10.5. The van der Waals surface area contributed by atoms with E-state index in [9.17, 15) is 14.0 Å². The van der Waals surface area contributed by atoms with Gasteiger partial charge < -0.3 is 15.5 Å². The van der Waals surface area contributed by atoms with E-state index in [2.05, 4.69) is 25.6 Å². The van der Waals surface area contributed by atoms with Crippen molar-refractivity contribution in [2.75, 3.05) is 23.7 Å². The van der Waals surface area contributed by atoms with Crippen LogP contribution in [0.25, 0.3) is 17.0 Å². The zero-order chi connectivity index (χ0) is 22.8. The number of carbonyl (C=O) groups is 2. The Labute approximate surface area is 188 Å². The van der Waals surface area contributed by atoms with Crippen LogP contribution in [0.1, 0.15) is 23.3 Å². The quantitative estimate of drug-likeness (QED) is 0.497. The van der Waals surface area contributed by atoms with E-state index in [-0.39, 0.29) is 23.2 Å². The fourth-order valence-electron chi connectivity index (χ4n) is 3.69. The average Bonchev–Trinajstić information content (AvgIpc) is 3.51. The molecule has 2 N–H and O–H groups in total. The molecule has 33 heavy (non-hydrogen) atoms. The number of pyridine rings is 1. The lowest BCUT2D eigenvalue weighted by Gasteiger charge is -2.16. The molecule has 0 unspecified atom stereocenters. The Balaban J connectivity index is 1.38. The van der Waals surface area contributed by atoms with Gasteiger partial charge in [0.2, 0.25) is 5.78 Å². The molecule has 0 aliphatic carbocycles. The first-order valence-corrected chi connectivity index (χ1v) is 10.5. The highest BCUT2D eigenvalue weighted by atomic mass is 19.1. The van der Waals surface area contributed by atoms with Gasteiger partial charge in [0.1, 0.15) is 11.5 Å². The Hall–Kier alpha value is -4.34. The minimum Gasteiger partial charge on any atom is -0.325 e. The molecule has 4 heterocycles. The molecule has 1 fully saturated rings. The van der Waals surface area contributed by atoms with E-state index < -0.39 is 5.82 Å². The van der Waals surface area contributed by atoms with Crippen LogP contribution in [0.5, 0.6) is 0 Å². The molecule has 5 rings (SSSR count). The van der Waals surface area contributed by atoms with Crippen molar-refractivity contribution in [3.63, 3.8) is 0 Å². The number of imidazole rings is 1. The Kier molecular flexibility index (Phi) is 5.39. The van der Waals surface area contributed by atoms with Crippen LogP contribution in [0.3, 0.4) is 0 Å². The van der Waals surface area contributed by atoms with Gasteiger partial charge >= 0.3 is 6.03 Å². The van der Waals surface area contributed by atoms with E-state index in [1.165, 1.54) is 24.5 Å². The van der Waals surface area contributed by atoms with Gasteiger partial charge in [-0.3, -0.25) is 14.2 Å². The van der Waals surface area contributed by atoms with Crippen LogP contribution < -0.4 is 10.6 Å². The number of urea groups is 1. The molecule has 10 heteroatoms. The summed E-state index contributed by atoms with van der Waals surface area (Å²) < 4.78 is 16.2. The molecule has 1 aromatic carbocycles. The van der Waals surface area contributed by atoms with Gasteiger partial charge in [-0.25, -0.2) is 19.2 Å². The fourth-order valence-corrected chi connectivity index (χ4v) is 3.69. The number of nitrogens with zero attached hydrogens (tertiary/aromatic N) is 5. The van der Waals surface area contributed by atoms with Crippen molar-refractivity contribution in [2.24, 2.45) is 0 Å². The highest BCUT2D eigenvalue weighted by molar-refractivity contribution is 6.02. The first kappa shape index (κ1) is 20.6. The summed E-state index contributed by atoms with van der Waals surface area (Å²) in [6.45, 7) is 1.44. The number of aromatic nitrogens is 4. The molecule has 0 spiro atoms. The Morgan fingerprint density at radius 1 is 0.970 bits per heavy atom. The van der Waals surface area contributed by atoms with Crippen molar-refractivity contribution in [1.29, 1.82) is 0 Å². The lowest BCUT2D eigenvalue weighted by Crippen LogP contribution is -2.32. The normalized spacial score (nSPS) is 13.3. The zero-order valence-electron chi connectivity index (χ0n) is 17.5. The molecule has 1 aliphatic rings. The second-order valence-electron chi connectivity index (χ2n) is 7.66. The SMILES string of the molecule is O=C(Nc1cnc2nc(-c3cc(NC(=O)N4CCCC4)ccc3F)cn2c1)c1ccccn1. The second kappa shape index (κ2) is 8.65. The molecule has 1 aliphatic heterocycles. The molecular weight excluding hydrogens is 425 g/mol. The van der Waals surface area contributed by atoms with Crippen molar-refractivity contribution in [1.82, 2.24) is 24.3 Å². The summed E-state index contributed by atoms with van der Waals surface area (Å²) in [6, 6.07) is 9.22. The fraction of sp³-hybridized carbons (Fsp3) is 0.174. The number of hydrogen-bond donors (Lipinski definition) is 2. The number of hydrogen-bond acceptors (Lipinski definition) is 5. The molecule has 0 radical (unpaired) electrons. The highest BCUT2D eigenvalue weighted by Crippen LogP contribution is 2.26. The van der Waals surface area contributed by atoms with E-state index in [4.69, 9.17) is 0 Å². The van der Waals surface area contributed by atoms with Crippen molar-refractivity contribution in [2.45, 2.75) is 12.8 Å². The first-order chi connectivity index (χ1) is 16.1. The minimum absolute atomic E-state index is 0.199. The van der Waals surface area contributed by atoms with Gasteiger partial charge in [0.15, 0.2) is 0 Å². The molecule has 1 saturated heterocycles. The van der Waals surface area contributed by atoms with Crippen LogP contribution in [0.2, 0.25) is 0 Å². The molecule has 0 bridgehead atoms. The van der Waals surface area contributed by atoms with E-state index in [0.717, 1.165) is 25.9 Å². The van der Waals surface area contributed by atoms with Gasteiger partial charge in [-0.05, 0) is 43.2 Å². The van der Waals surface area contributed by atoms with Crippen LogP contribution in [-0.2, 0) is 0 Å². The van der Waals surface area contributed by atoms with Gasteiger partial charge in [0.05, 0.1) is 17.6 Å². The molecule has 0 saturated carbocycles. The second-order valence-corrected chi connectivity index (χ2v) is 7.66. The lowest BCUT2D eigenvalue weighted by atomic mass is 10.1. The number of nitrogens with one attached hydrogen (secondary N) is 2. The van der Waals surface area contributed by atoms with Crippen molar-refractivity contribution >= 4 is 29.1 Å². The third kappa shape index (κ3) is 4.36. The lowest BCUT2D eigenvalue weighted by molar-refractivity contribution is 0.102. The van der Waals surface area contributed by atoms with Crippen LogP contribution in [-0.4, -0.2) is 49.3 Å². The highest BCUT2D eigenvalue weighted by Gasteiger charge is 2.19. The number of rotatable bonds is 4.